The highest BCUT2D eigenvalue weighted by atomic mass is 16.5. The van der Waals surface area contributed by atoms with Crippen LogP contribution in [0.15, 0.2) is 30.3 Å². The van der Waals surface area contributed by atoms with Gasteiger partial charge in [0.25, 0.3) is 0 Å². The summed E-state index contributed by atoms with van der Waals surface area (Å²) in [5, 5.41) is 0. The second-order valence-electron chi connectivity index (χ2n) is 4.06. The zero-order valence-electron chi connectivity index (χ0n) is 8.83. The molecular formula is C13H18O. The first kappa shape index (κ1) is 9.72. The van der Waals surface area contributed by atoms with E-state index >= 15 is 0 Å². The molecule has 0 amide bonds. The van der Waals surface area contributed by atoms with Gasteiger partial charge in [-0.3, -0.25) is 0 Å². The summed E-state index contributed by atoms with van der Waals surface area (Å²) in [4.78, 5) is 0. The lowest BCUT2D eigenvalue weighted by molar-refractivity contribution is 0.0284. The van der Waals surface area contributed by atoms with Gasteiger partial charge >= 0.3 is 0 Å². The van der Waals surface area contributed by atoms with Crippen LogP contribution in [-0.2, 0) is 10.3 Å². The fourth-order valence-electron chi connectivity index (χ4n) is 1.78. The molecule has 0 atom stereocenters. The molecule has 0 aliphatic heterocycles. The van der Waals surface area contributed by atoms with Gasteiger partial charge in [-0.15, -0.1) is 0 Å². The summed E-state index contributed by atoms with van der Waals surface area (Å²) in [6.07, 6.45) is 4.78. The minimum atomic E-state index is 0.0937. The van der Waals surface area contributed by atoms with Crippen molar-refractivity contribution in [2.24, 2.45) is 0 Å². The highest BCUT2D eigenvalue weighted by Crippen LogP contribution is 2.49. The molecule has 0 radical (unpaired) electrons. The fraction of sp³-hybridized carbons (Fsp3) is 0.538. The van der Waals surface area contributed by atoms with E-state index in [1.165, 1.54) is 31.2 Å². The van der Waals surface area contributed by atoms with Crippen molar-refractivity contribution in [1.82, 2.24) is 0 Å². The van der Waals surface area contributed by atoms with Crippen molar-refractivity contribution in [2.75, 3.05) is 6.61 Å². The first-order chi connectivity index (χ1) is 6.87. The quantitative estimate of drug-likeness (QED) is 0.646. The first-order valence-electron chi connectivity index (χ1n) is 5.57. The third-order valence-electron chi connectivity index (χ3n) is 2.88. The molecule has 2 rings (SSSR count). The molecule has 0 bridgehead atoms. The summed E-state index contributed by atoms with van der Waals surface area (Å²) in [5.74, 6) is 0. The zero-order valence-corrected chi connectivity index (χ0v) is 8.83. The molecule has 14 heavy (non-hydrogen) atoms. The molecule has 0 aromatic heterocycles. The standard InChI is InChI=1S/C13H18O/c1-2-3-11-14-13(9-10-13)12-7-5-4-6-8-12/h4-8H,2-3,9-11H2,1H3. The summed E-state index contributed by atoms with van der Waals surface area (Å²) in [5.41, 5.74) is 1.45. The Morgan fingerprint density at radius 1 is 1.21 bits per heavy atom. The molecule has 1 aliphatic rings. The Kier molecular flexibility index (Phi) is 2.87. The van der Waals surface area contributed by atoms with Crippen LogP contribution >= 0.6 is 0 Å². The molecule has 1 saturated carbocycles. The lowest BCUT2D eigenvalue weighted by atomic mass is 10.1. The van der Waals surface area contributed by atoms with E-state index in [0.29, 0.717) is 0 Å². The van der Waals surface area contributed by atoms with Crippen molar-refractivity contribution in [3.05, 3.63) is 35.9 Å². The number of hydrogen-bond acceptors (Lipinski definition) is 1. The van der Waals surface area contributed by atoms with Gasteiger partial charge in [-0.05, 0) is 24.8 Å². The van der Waals surface area contributed by atoms with E-state index in [2.05, 4.69) is 37.3 Å². The molecule has 76 valence electrons. The maximum Gasteiger partial charge on any atom is 0.0933 e. The van der Waals surface area contributed by atoms with Gasteiger partial charge in [-0.1, -0.05) is 43.7 Å². The smallest absolute Gasteiger partial charge is 0.0933 e. The summed E-state index contributed by atoms with van der Waals surface area (Å²) in [6, 6.07) is 10.6. The Labute approximate surface area is 86.1 Å². The lowest BCUT2D eigenvalue weighted by Gasteiger charge is -2.16. The van der Waals surface area contributed by atoms with Gasteiger partial charge in [-0.25, -0.2) is 0 Å². The molecule has 1 fully saturated rings. The third-order valence-corrected chi connectivity index (χ3v) is 2.88. The van der Waals surface area contributed by atoms with E-state index < -0.39 is 0 Å². The topological polar surface area (TPSA) is 9.23 Å². The van der Waals surface area contributed by atoms with Gasteiger partial charge in [0, 0.05) is 6.61 Å². The Bertz CT molecular complexity index is 275. The number of hydrogen-bond donors (Lipinski definition) is 0. The summed E-state index contributed by atoms with van der Waals surface area (Å²) in [7, 11) is 0. The minimum Gasteiger partial charge on any atom is -0.370 e. The first-order valence-corrected chi connectivity index (χ1v) is 5.57. The average molecular weight is 190 g/mol. The lowest BCUT2D eigenvalue weighted by Crippen LogP contribution is -2.12. The van der Waals surface area contributed by atoms with E-state index in [1.807, 2.05) is 0 Å². The minimum absolute atomic E-state index is 0.0937. The predicted molar refractivity (Wildman–Crippen MR) is 58.2 cm³/mol. The fourth-order valence-corrected chi connectivity index (χ4v) is 1.78. The predicted octanol–water partition coefficient (Wildman–Crippen LogP) is 3.49. The monoisotopic (exact) mass is 190 g/mol. The van der Waals surface area contributed by atoms with Gasteiger partial charge in [-0.2, -0.15) is 0 Å². The molecule has 1 aromatic carbocycles. The van der Waals surface area contributed by atoms with Crippen LogP contribution in [0.1, 0.15) is 38.2 Å². The Morgan fingerprint density at radius 3 is 2.50 bits per heavy atom. The van der Waals surface area contributed by atoms with Gasteiger partial charge in [0.2, 0.25) is 0 Å². The molecule has 0 spiro atoms. The van der Waals surface area contributed by atoms with Gasteiger partial charge in [0.15, 0.2) is 0 Å². The number of benzene rings is 1. The van der Waals surface area contributed by atoms with Crippen LogP contribution in [0.25, 0.3) is 0 Å². The van der Waals surface area contributed by atoms with Crippen LogP contribution in [0.2, 0.25) is 0 Å². The molecule has 1 heteroatoms. The van der Waals surface area contributed by atoms with Gasteiger partial charge in [0.05, 0.1) is 5.60 Å². The largest absolute Gasteiger partial charge is 0.370 e. The van der Waals surface area contributed by atoms with Crippen LogP contribution in [0, 0.1) is 0 Å². The van der Waals surface area contributed by atoms with Crippen LogP contribution in [0.5, 0.6) is 0 Å². The highest BCUT2D eigenvalue weighted by Gasteiger charge is 2.45. The van der Waals surface area contributed by atoms with E-state index in [9.17, 15) is 0 Å². The number of unbranched alkanes of at least 4 members (excludes halogenated alkanes) is 1. The molecule has 1 aromatic rings. The van der Waals surface area contributed by atoms with E-state index in [-0.39, 0.29) is 5.60 Å². The van der Waals surface area contributed by atoms with Crippen molar-refractivity contribution in [3.8, 4) is 0 Å². The van der Waals surface area contributed by atoms with Crippen LogP contribution < -0.4 is 0 Å². The summed E-state index contributed by atoms with van der Waals surface area (Å²) < 4.78 is 5.97. The van der Waals surface area contributed by atoms with Crippen molar-refractivity contribution >= 4 is 0 Å². The van der Waals surface area contributed by atoms with Crippen LogP contribution in [-0.4, -0.2) is 6.61 Å². The molecule has 0 saturated heterocycles. The molecule has 1 nitrogen and oxygen atoms in total. The van der Waals surface area contributed by atoms with Crippen LogP contribution in [0.3, 0.4) is 0 Å². The maximum absolute atomic E-state index is 5.97. The normalized spacial score (nSPS) is 18.1. The van der Waals surface area contributed by atoms with Crippen molar-refractivity contribution in [2.45, 2.75) is 38.2 Å². The van der Waals surface area contributed by atoms with E-state index in [4.69, 9.17) is 4.74 Å². The number of rotatable bonds is 5. The summed E-state index contributed by atoms with van der Waals surface area (Å²) >= 11 is 0. The van der Waals surface area contributed by atoms with Crippen molar-refractivity contribution in [1.29, 1.82) is 0 Å². The second kappa shape index (κ2) is 4.14. The number of ether oxygens (including phenoxy) is 1. The molecular weight excluding hydrogens is 172 g/mol. The second-order valence-corrected chi connectivity index (χ2v) is 4.06. The van der Waals surface area contributed by atoms with Gasteiger partial charge in [0.1, 0.15) is 0 Å². The average Bonchev–Trinajstić information content (AvgIpc) is 3.01. The molecule has 0 N–H and O–H groups in total. The molecule has 1 aliphatic carbocycles. The van der Waals surface area contributed by atoms with Crippen molar-refractivity contribution in [3.63, 3.8) is 0 Å². The van der Waals surface area contributed by atoms with Crippen molar-refractivity contribution < 1.29 is 4.74 Å². The third kappa shape index (κ3) is 1.98. The maximum atomic E-state index is 5.97. The summed E-state index contributed by atoms with van der Waals surface area (Å²) in [6.45, 7) is 3.11. The van der Waals surface area contributed by atoms with Gasteiger partial charge < -0.3 is 4.74 Å². The highest BCUT2D eigenvalue weighted by molar-refractivity contribution is 5.27. The zero-order chi connectivity index (χ0) is 9.86. The Hall–Kier alpha value is -0.820. The molecule has 0 unspecified atom stereocenters. The SMILES string of the molecule is CCCCOC1(c2ccccc2)CC1. The molecule has 0 heterocycles. The van der Waals surface area contributed by atoms with E-state index in [1.54, 1.807) is 0 Å². The van der Waals surface area contributed by atoms with E-state index in [0.717, 1.165) is 6.61 Å². The Morgan fingerprint density at radius 2 is 1.93 bits per heavy atom. The Balaban J connectivity index is 1.96. The van der Waals surface area contributed by atoms with Crippen LogP contribution in [0.4, 0.5) is 0 Å².